The average Bonchev–Trinajstić information content (AvgIpc) is 3.22. The van der Waals surface area contributed by atoms with Crippen molar-refractivity contribution in [2.24, 2.45) is 0 Å². The molecule has 1 fully saturated rings. The molecule has 10 heteroatoms. The zero-order valence-electron chi connectivity index (χ0n) is 14.1. The molecule has 0 bridgehead atoms. The molecule has 8 nitrogen and oxygen atoms in total. The molecule has 26 heavy (non-hydrogen) atoms. The van der Waals surface area contributed by atoms with Gasteiger partial charge in [-0.15, -0.1) is 11.3 Å². The van der Waals surface area contributed by atoms with Crippen LogP contribution in [0.4, 0.5) is 5.82 Å². The van der Waals surface area contributed by atoms with Gasteiger partial charge in [0.15, 0.2) is 0 Å². The molecule has 3 heterocycles. The number of carbonyl (C=O) groups is 1. The fourth-order valence-electron chi connectivity index (χ4n) is 2.45. The Morgan fingerprint density at radius 1 is 1.31 bits per heavy atom. The second-order valence-corrected chi connectivity index (χ2v) is 8.60. The van der Waals surface area contributed by atoms with Crippen LogP contribution in [0.1, 0.15) is 5.56 Å². The number of nitrogens with zero attached hydrogens (tertiary/aromatic N) is 2. The first-order chi connectivity index (χ1) is 12.5. The van der Waals surface area contributed by atoms with Crippen molar-refractivity contribution >= 4 is 33.1 Å². The van der Waals surface area contributed by atoms with E-state index in [0.29, 0.717) is 19.8 Å². The van der Waals surface area contributed by atoms with Gasteiger partial charge in [-0.3, -0.25) is 4.79 Å². The van der Waals surface area contributed by atoms with Crippen molar-refractivity contribution in [1.82, 2.24) is 15.0 Å². The second kappa shape index (κ2) is 8.58. The van der Waals surface area contributed by atoms with Crippen LogP contribution in [0, 0.1) is 0 Å². The summed E-state index contributed by atoms with van der Waals surface area (Å²) in [5, 5.41) is 4.38. The predicted molar refractivity (Wildman–Crippen MR) is 98.6 cm³/mol. The molecule has 1 amide bonds. The standard InChI is InChI=1S/C16H20N4O4S2/c21-15(12-19-26(22,23)16-2-1-9-25-16)18-11-13-3-4-17-14(10-13)20-5-7-24-8-6-20/h1-4,9-10,19H,5-8,11-12H2,(H,18,21). The van der Waals surface area contributed by atoms with Gasteiger partial charge in [0.25, 0.3) is 10.0 Å². The highest BCUT2D eigenvalue weighted by Gasteiger charge is 2.16. The number of sulfonamides is 1. The van der Waals surface area contributed by atoms with E-state index in [4.69, 9.17) is 4.74 Å². The monoisotopic (exact) mass is 396 g/mol. The Hall–Kier alpha value is -2.01. The van der Waals surface area contributed by atoms with E-state index < -0.39 is 15.9 Å². The maximum Gasteiger partial charge on any atom is 0.250 e. The van der Waals surface area contributed by atoms with Crippen LogP contribution in [0.2, 0.25) is 0 Å². The fourth-order valence-corrected chi connectivity index (χ4v) is 4.47. The van der Waals surface area contributed by atoms with Gasteiger partial charge in [0.1, 0.15) is 10.0 Å². The lowest BCUT2D eigenvalue weighted by Crippen LogP contribution is -2.37. The number of carbonyl (C=O) groups excluding carboxylic acids is 1. The number of aromatic nitrogens is 1. The minimum Gasteiger partial charge on any atom is -0.378 e. The summed E-state index contributed by atoms with van der Waals surface area (Å²) in [6.07, 6.45) is 1.70. The maximum absolute atomic E-state index is 12.0. The van der Waals surface area contributed by atoms with Gasteiger partial charge in [-0.1, -0.05) is 6.07 Å². The van der Waals surface area contributed by atoms with E-state index in [2.05, 4.69) is 19.9 Å². The smallest absolute Gasteiger partial charge is 0.250 e. The van der Waals surface area contributed by atoms with E-state index in [1.165, 1.54) is 6.07 Å². The highest BCUT2D eigenvalue weighted by molar-refractivity contribution is 7.91. The highest BCUT2D eigenvalue weighted by atomic mass is 32.2. The summed E-state index contributed by atoms with van der Waals surface area (Å²) in [7, 11) is -3.64. The Balaban J connectivity index is 1.50. The SMILES string of the molecule is O=C(CNS(=O)(=O)c1cccs1)NCc1ccnc(N2CCOCC2)c1. The van der Waals surface area contributed by atoms with Crippen LogP contribution in [0.15, 0.2) is 40.1 Å². The minimum atomic E-state index is -3.64. The third kappa shape index (κ3) is 5.01. The van der Waals surface area contributed by atoms with E-state index in [1.54, 1.807) is 17.6 Å². The summed E-state index contributed by atoms with van der Waals surface area (Å²) in [6.45, 7) is 2.92. The predicted octanol–water partition coefficient (Wildman–Crippen LogP) is 0.574. The molecule has 0 radical (unpaired) electrons. The molecule has 0 aromatic carbocycles. The summed E-state index contributed by atoms with van der Waals surface area (Å²) < 4.78 is 31.8. The van der Waals surface area contributed by atoms with Crippen molar-refractivity contribution in [3.05, 3.63) is 41.4 Å². The van der Waals surface area contributed by atoms with Crippen LogP contribution < -0.4 is 14.9 Å². The van der Waals surface area contributed by atoms with Gasteiger partial charge in [0.05, 0.1) is 19.8 Å². The summed E-state index contributed by atoms with van der Waals surface area (Å²) in [4.78, 5) is 18.4. The summed E-state index contributed by atoms with van der Waals surface area (Å²) in [5.41, 5.74) is 0.899. The molecule has 0 atom stereocenters. The number of thiophene rings is 1. The molecule has 2 N–H and O–H groups in total. The number of morpholine rings is 1. The number of hydrogen-bond donors (Lipinski definition) is 2. The number of nitrogens with one attached hydrogen (secondary N) is 2. The number of anilines is 1. The normalized spacial score (nSPS) is 15.0. The molecule has 0 spiro atoms. The number of hydrogen-bond acceptors (Lipinski definition) is 7. The van der Waals surface area contributed by atoms with E-state index in [-0.39, 0.29) is 10.8 Å². The van der Waals surface area contributed by atoms with Gasteiger partial charge in [-0.05, 0) is 29.1 Å². The Morgan fingerprint density at radius 3 is 2.85 bits per heavy atom. The van der Waals surface area contributed by atoms with Crippen LogP contribution in [0.5, 0.6) is 0 Å². The van der Waals surface area contributed by atoms with Gasteiger partial charge in [0, 0.05) is 25.8 Å². The van der Waals surface area contributed by atoms with Crippen molar-refractivity contribution in [2.45, 2.75) is 10.8 Å². The first-order valence-corrected chi connectivity index (χ1v) is 10.5. The van der Waals surface area contributed by atoms with E-state index in [9.17, 15) is 13.2 Å². The molecule has 1 saturated heterocycles. The molecule has 0 unspecified atom stereocenters. The second-order valence-electron chi connectivity index (χ2n) is 5.66. The van der Waals surface area contributed by atoms with Gasteiger partial charge in [-0.2, -0.15) is 0 Å². The molecule has 1 aliphatic heterocycles. The Kier molecular flexibility index (Phi) is 6.20. The first-order valence-electron chi connectivity index (χ1n) is 8.12. The van der Waals surface area contributed by atoms with Gasteiger partial charge < -0.3 is 15.0 Å². The van der Waals surface area contributed by atoms with E-state index >= 15 is 0 Å². The van der Waals surface area contributed by atoms with Crippen molar-refractivity contribution in [1.29, 1.82) is 0 Å². The van der Waals surface area contributed by atoms with E-state index in [0.717, 1.165) is 35.8 Å². The number of ether oxygens (including phenoxy) is 1. The lowest BCUT2D eigenvalue weighted by Gasteiger charge is -2.28. The average molecular weight is 396 g/mol. The van der Waals surface area contributed by atoms with Crippen LogP contribution in [-0.4, -0.2) is 52.2 Å². The highest BCUT2D eigenvalue weighted by Crippen LogP contribution is 2.15. The Bertz CT molecular complexity index is 834. The Labute approximate surface area is 156 Å². The first kappa shape index (κ1) is 18.8. The molecule has 3 rings (SSSR count). The third-order valence-corrected chi connectivity index (χ3v) is 6.62. The zero-order chi connectivity index (χ0) is 18.4. The van der Waals surface area contributed by atoms with Crippen LogP contribution in [-0.2, 0) is 26.1 Å². The number of rotatable bonds is 7. The fraction of sp³-hybridized carbons (Fsp3) is 0.375. The third-order valence-electron chi connectivity index (χ3n) is 3.82. The van der Waals surface area contributed by atoms with Crippen LogP contribution >= 0.6 is 11.3 Å². The Morgan fingerprint density at radius 2 is 2.12 bits per heavy atom. The summed E-state index contributed by atoms with van der Waals surface area (Å²) in [6, 6.07) is 6.88. The van der Waals surface area contributed by atoms with Crippen LogP contribution in [0.25, 0.3) is 0 Å². The number of amides is 1. The maximum atomic E-state index is 12.0. The van der Waals surface area contributed by atoms with Crippen molar-refractivity contribution in [3.63, 3.8) is 0 Å². The zero-order valence-corrected chi connectivity index (χ0v) is 15.7. The molecule has 140 valence electrons. The minimum absolute atomic E-state index is 0.189. The lowest BCUT2D eigenvalue weighted by molar-refractivity contribution is -0.120. The van der Waals surface area contributed by atoms with Gasteiger partial charge in [-0.25, -0.2) is 18.1 Å². The lowest BCUT2D eigenvalue weighted by atomic mass is 10.2. The van der Waals surface area contributed by atoms with E-state index in [1.807, 2.05) is 12.1 Å². The summed E-state index contributed by atoms with van der Waals surface area (Å²) >= 11 is 1.10. The molecule has 1 aliphatic rings. The van der Waals surface area contributed by atoms with Crippen molar-refractivity contribution in [3.8, 4) is 0 Å². The van der Waals surface area contributed by atoms with Crippen molar-refractivity contribution in [2.75, 3.05) is 37.7 Å². The van der Waals surface area contributed by atoms with Gasteiger partial charge >= 0.3 is 0 Å². The largest absolute Gasteiger partial charge is 0.378 e. The topological polar surface area (TPSA) is 101 Å². The van der Waals surface area contributed by atoms with Gasteiger partial charge in [0.2, 0.25) is 5.91 Å². The summed E-state index contributed by atoms with van der Waals surface area (Å²) in [5.74, 6) is 0.452. The molecular formula is C16H20N4O4S2. The molecule has 0 aliphatic carbocycles. The molecular weight excluding hydrogens is 376 g/mol. The molecule has 2 aromatic heterocycles. The number of pyridine rings is 1. The quantitative estimate of drug-likeness (QED) is 0.710. The molecule has 2 aromatic rings. The van der Waals surface area contributed by atoms with Crippen LogP contribution in [0.3, 0.4) is 0 Å². The molecule has 0 saturated carbocycles. The van der Waals surface area contributed by atoms with Crippen molar-refractivity contribution < 1.29 is 17.9 Å².